The Morgan fingerprint density at radius 3 is 2.67 bits per heavy atom. The zero-order valence-electron chi connectivity index (χ0n) is 7.37. The van der Waals surface area contributed by atoms with Crippen LogP contribution < -0.4 is 0 Å². The Morgan fingerprint density at radius 1 is 1.17 bits per heavy atom. The molecular formula is C12H15. The SMILES string of the molecule is [CH]1CCCC1Cc1ccccc1. The van der Waals surface area contributed by atoms with Crippen LogP contribution in [0.25, 0.3) is 0 Å². The molecular weight excluding hydrogens is 144 g/mol. The van der Waals surface area contributed by atoms with Crippen molar-refractivity contribution in [3.8, 4) is 0 Å². The van der Waals surface area contributed by atoms with Gasteiger partial charge in [-0.25, -0.2) is 0 Å². The second kappa shape index (κ2) is 3.75. The van der Waals surface area contributed by atoms with Crippen LogP contribution in [0, 0.1) is 12.3 Å². The molecule has 1 aliphatic carbocycles. The number of rotatable bonds is 2. The van der Waals surface area contributed by atoms with Crippen molar-refractivity contribution in [3.63, 3.8) is 0 Å². The Kier molecular flexibility index (Phi) is 2.45. The molecule has 1 radical (unpaired) electrons. The van der Waals surface area contributed by atoms with Crippen LogP contribution >= 0.6 is 0 Å². The summed E-state index contributed by atoms with van der Waals surface area (Å²) in [4.78, 5) is 0. The molecule has 0 aromatic heterocycles. The van der Waals surface area contributed by atoms with E-state index in [2.05, 4.69) is 36.8 Å². The van der Waals surface area contributed by atoms with Gasteiger partial charge in [-0.15, -0.1) is 0 Å². The smallest absolute Gasteiger partial charge is 0.0248 e. The maximum Gasteiger partial charge on any atom is -0.0248 e. The molecule has 0 aliphatic heterocycles. The first-order valence-electron chi connectivity index (χ1n) is 4.82. The lowest BCUT2D eigenvalue weighted by Crippen LogP contribution is -1.98. The average molecular weight is 159 g/mol. The quantitative estimate of drug-likeness (QED) is 0.621. The van der Waals surface area contributed by atoms with Gasteiger partial charge < -0.3 is 0 Å². The van der Waals surface area contributed by atoms with Crippen LogP contribution in [0.15, 0.2) is 30.3 Å². The molecule has 0 heterocycles. The first-order valence-corrected chi connectivity index (χ1v) is 4.82. The first kappa shape index (κ1) is 7.85. The predicted molar refractivity (Wildman–Crippen MR) is 51.8 cm³/mol. The van der Waals surface area contributed by atoms with E-state index in [1.54, 1.807) is 0 Å². The molecule has 2 rings (SSSR count). The second-order valence-corrected chi connectivity index (χ2v) is 3.62. The molecule has 1 atom stereocenters. The molecule has 0 saturated heterocycles. The van der Waals surface area contributed by atoms with Crippen LogP contribution in [0.3, 0.4) is 0 Å². The van der Waals surface area contributed by atoms with Crippen molar-refractivity contribution >= 4 is 0 Å². The lowest BCUT2D eigenvalue weighted by atomic mass is 9.98. The summed E-state index contributed by atoms with van der Waals surface area (Å²) >= 11 is 0. The first-order chi connectivity index (χ1) is 5.95. The van der Waals surface area contributed by atoms with Crippen molar-refractivity contribution in [2.45, 2.75) is 25.7 Å². The Balaban J connectivity index is 1.94. The highest BCUT2D eigenvalue weighted by atomic mass is 14.2. The van der Waals surface area contributed by atoms with Crippen molar-refractivity contribution in [1.82, 2.24) is 0 Å². The molecule has 1 saturated carbocycles. The molecule has 0 amide bonds. The third kappa shape index (κ3) is 1.88. The van der Waals surface area contributed by atoms with Gasteiger partial charge in [0.25, 0.3) is 0 Å². The Morgan fingerprint density at radius 2 is 2.00 bits per heavy atom. The lowest BCUT2D eigenvalue weighted by molar-refractivity contribution is 0.620. The van der Waals surface area contributed by atoms with E-state index in [0.29, 0.717) is 0 Å². The number of hydrogen-bond donors (Lipinski definition) is 0. The topological polar surface area (TPSA) is 0 Å². The van der Waals surface area contributed by atoms with Crippen molar-refractivity contribution in [2.24, 2.45) is 5.92 Å². The van der Waals surface area contributed by atoms with E-state index in [9.17, 15) is 0 Å². The molecule has 1 aromatic rings. The normalized spacial score (nSPS) is 18.3. The third-order valence-corrected chi connectivity index (χ3v) is 2.62. The third-order valence-electron chi connectivity index (χ3n) is 2.62. The Bertz CT molecular complexity index is 219. The molecule has 0 heteroatoms. The summed E-state index contributed by atoms with van der Waals surface area (Å²) in [5, 5.41) is 0. The van der Waals surface area contributed by atoms with Gasteiger partial charge in [0.2, 0.25) is 0 Å². The fourth-order valence-electron chi connectivity index (χ4n) is 1.95. The Labute approximate surface area is 74.6 Å². The highest BCUT2D eigenvalue weighted by molar-refractivity contribution is 5.16. The fraction of sp³-hybridized carbons (Fsp3) is 0.417. The van der Waals surface area contributed by atoms with E-state index in [-0.39, 0.29) is 0 Å². The van der Waals surface area contributed by atoms with Gasteiger partial charge in [-0.3, -0.25) is 0 Å². The molecule has 1 unspecified atom stereocenters. The van der Waals surface area contributed by atoms with E-state index in [1.165, 1.54) is 31.2 Å². The summed E-state index contributed by atoms with van der Waals surface area (Å²) in [7, 11) is 0. The minimum Gasteiger partial charge on any atom is -0.0622 e. The van der Waals surface area contributed by atoms with Crippen molar-refractivity contribution < 1.29 is 0 Å². The zero-order valence-corrected chi connectivity index (χ0v) is 7.37. The van der Waals surface area contributed by atoms with Crippen LogP contribution in [0.4, 0.5) is 0 Å². The van der Waals surface area contributed by atoms with E-state index in [1.807, 2.05) is 0 Å². The summed E-state index contributed by atoms with van der Waals surface area (Å²) in [6, 6.07) is 10.8. The summed E-state index contributed by atoms with van der Waals surface area (Å²) in [5.41, 5.74) is 1.49. The Hall–Kier alpha value is -0.780. The minimum absolute atomic E-state index is 0.854. The highest BCUT2D eigenvalue weighted by Crippen LogP contribution is 2.26. The molecule has 1 aliphatic rings. The number of hydrogen-bond acceptors (Lipinski definition) is 0. The predicted octanol–water partition coefficient (Wildman–Crippen LogP) is 3.23. The average Bonchev–Trinajstić information content (AvgIpc) is 2.59. The second-order valence-electron chi connectivity index (χ2n) is 3.62. The largest absolute Gasteiger partial charge is 0.0622 e. The van der Waals surface area contributed by atoms with Crippen LogP contribution in [-0.2, 0) is 6.42 Å². The molecule has 1 fully saturated rings. The summed E-state index contributed by atoms with van der Waals surface area (Å²) < 4.78 is 0. The van der Waals surface area contributed by atoms with Crippen molar-refractivity contribution in [2.75, 3.05) is 0 Å². The molecule has 0 N–H and O–H groups in total. The van der Waals surface area contributed by atoms with Gasteiger partial charge in [0.05, 0.1) is 0 Å². The summed E-state index contributed by atoms with van der Waals surface area (Å²) in [6.07, 6.45) is 7.86. The van der Waals surface area contributed by atoms with Crippen LogP contribution in [-0.4, -0.2) is 0 Å². The fourth-order valence-corrected chi connectivity index (χ4v) is 1.95. The van der Waals surface area contributed by atoms with Gasteiger partial charge in [-0.1, -0.05) is 36.8 Å². The lowest BCUT2D eigenvalue weighted by Gasteiger charge is -2.07. The molecule has 0 nitrogen and oxygen atoms in total. The molecule has 0 spiro atoms. The number of benzene rings is 1. The van der Waals surface area contributed by atoms with E-state index in [4.69, 9.17) is 0 Å². The van der Waals surface area contributed by atoms with Gasteiger partial charge in [-0.2, -0.15) is 0 Å². The van der Waals surface area contributed by atoms with Crippen LogP contribution in [0.5, 0.6) is 0 Å². The molecule has 0 bridgehead atoms. The van der Waals surface area contributed by atoms with Gasteiger partial charge in [0, 0.05) is 0 Å². The van der Waals surface area contributed by atoms with Crippen molar-refractivity contribution in [1.29, 1.82) is 0 Å². The summed E-state index contributed by atoms with van der Waals surface area (Å²) in [5.74, 6) is 0.854. The van der Waals surface area contributed by atoms with E-state index >= 15 is 0 Å². The van der Waals surface area contributed by atoms with Crippen LogP contribution in [0.2, 0.25) is 0 Å². The standard InChI is InChI=1S/C12H15/c1-2-6-11(7-3-1)10-12-8-4-5-9-12/h1-3,6-8,12H,4-5,9-10H2. The van der Waals surface area contributed by atoms with Crippen LogP contribution in [0.1, 0.15) is 24.8 Å². The van der Waals surface area contributed by atoms with Gasteiger partial charge in [-0.05, 0) is 37.2 Å². The molecule has 12 heavy (non-hydrogen) atoms. The minimum atomic E-state index is 0.854. The highest BCUT2D eigenvalue weighted by Gasteiger charge is 2.14. The maximum atomic E-state index is 2.48. The molecule has 63 valence electrons. The molecule has 1 aromatic carbocycles. The van der Waals surface area contributed by atoms with Gasteiger partial charge >= 0.3 is 0 Å². The summed E-state index contributed by atoms with van der Waals surface area (Å²) in [6.45, 7) is 0. The zero-order chi connectivity index (χ0) is 8.23. The monoisotopic (exact) mass is 159 g/mol. The maximum absolute atomic E-state index is 2.48. The van der Waals surface area contributed by atoms with E-state index in [0.717, 1.165) is 5.92 Å². The van der Waals surface area contributed by atoms with Gasteiger partial charge in [0.15, 0.2) is 0 Å². The van der Waals surface area contributed by atoms with E-state index < -0.39 is 0 Å². The van der Waals surface area contributed by atoms with Crippen molar-refractivity contribution in [3.05, 3.63) is 42.3 Å². The van der Waals surface area contributed by atoms with Gasteiger partial charge in [0.1, 0.15) is 0 Å².